The van der Waals surface area contributed by atoms with E-state index in [1.165, 1.54) is 6.42 Å². The van der Waals surface area contributed by atoms with E-state index >= 15 is 0 Å². The van der Waals surface area contributed by atoms with Crippen LogP contribution in [0.15, 0.2) is 9.52 Å². The topological polar surface area (TPSA) is 67.6 Å². The van der Waals surface area contributed by atoms with E-state index in [2.05, 4.69) is 22.0 Å². The molecular formula is C11H18N4O. The Morgan fingerprint density at radius 2 is 2.31 bits per heavy atom. The van der Waals surface area contributed by atoms with Crippen LogP contribution < -0.4 is 5.73 Å². The number of hydrogen-bond acceptors (Lipinski definition) is 3. The van der Waals surface area contributed by atoms with Gasteiger partial charge in [0.1, 0.15) is 5.76 Å². The number of rotatable bonds is 3. The quantitative estimate of drug-likeness (QED) is 0.613. The zero-order chi connectivity index (χ0) is 11.5. The second-order valence-corrected chi connectivity index (χ2v) is 4.03. The smallest absolute Gasteiger partial charge is 0.191 e. The highest BCUT2D eigenvalue weighted by Gasteiger charge is 2.16. The van der Waals surface area contributed by atoms with Gasteiger partial charge in [-0.1, -0.05) is 12.1 Å². The van der Waals surface area contributed by atoms with Gasteiger partial charge in [0.25, 0.3) is 0 Å². The molecule has 0 bridgehead atoms. The van der Waals surface area contributed by atoms with Crippen LogP contribution in [0.3, 0.4) is 0 Å². The third-order valence-electron chi connectivity index (χ3n) is 2.98. The third-order valence-corrected chi connectivity index (χ3v) is 2.98. The van der Waals surface area contributed by atoms with Gasteiger partial charge in [-0.25, -0.2) is 4.99 Å². The highest BCUT2D eigenvalue weighted by atomic mass is 16.5. The number of aromatic nitrogens is 1. The highest BCUT2D eigenvalue weighted by Crippen LogP contribution is 2.15. The van der Waals surface area contributed by atoms with E-state index in [9.17, 15) is 0 Å². The van der Waals surface area contributed by atoms with Crippen molar-refractivity contribution in [2.45, 2.75) is 33.2 Å². The zero-order valence-corrected chi connectivity index (χ0v) is 9.86. The molecule has 1 aromatic heterocycles. The largest absolute Gasteiger partial charge is 0.370 e. The lowest BCUT2D eigenvalue weighted by atomic mass is 10.1. The number of nitrogens with zero attached hydrogens (tertiary/aromatic N) is 3. The SMILES string of the molecule is CCc1noc(C)c1CN=C(N)N1CCC1. The van der Waals surface area contributed by atoms with Gasteiger partial charge in [0, 0.05) is 18.7 Å². The maximum atomic E-state index is 5.86. The Morgan fingerprint density at radius 1 is 1.56 bits per heavy atom. The summed E-state index contributed by atoms with van der Waals surface area (Å²) in [6.45, 7) is 6.60. The highest BCUT2D eigenvalue weighted by molar-refractivity contribution is 5.78. The molecule has 2 heterocycles. The molecule has 1 saturated heterocycles. The second kappa shape index (κ2) is 4.55. The summed E-state index contributed by atoms with van der Waals surface area (Å²) in [6.07, 6.45) is 2.08. The predicted molar refractivity (Wildman–Crippen MR) is 62.1 cm³/mol. The van der Waals surface area contributed by atoms with E-state index in [1.54, 1.807) is 0 Å². The van der Waals surface area contributed by atoms with Crippen LogP contribution in [-0.2, 0) is 13.0 Å². The Morgan fingerprint density at radius 3 is 2.88 bits per heavy atom. The first-order valence-electron chi connectivity index (χ1n) is 5.71. The van der Waals surface area contributed by atoms with Gasteiger partial charge in [0.2, 0.25) is 0 Å². The van der Waals surface area contributed by atoms with Crippen molar-refractivity contribution in [2.75, 3.05) is 13.1 Å². The molecule has 0 atom stereocenters. The van der Waals surface area contributed by atoms with Gasteiger partial charge >= 0.3 is 0 Å². The number of likely N-dealkylation sites (tertiary alicyclic amines) is 1. The summed E-state index contributed by atoms with van der Waals surface area (Å²) in [5.74, 6) is 1.48. The lowest BCUT2D eigenvalue weighted by Crippen LogP contribution is -2.46. The van der Waals surface area contributed by atoms with Crippen LogP contribution in [0, 0.1) is 6.92 Å². The van der Waals surface area contributed by atoms with Crippen molar-refractivity contribution in [1.29, 1.82) is 0 Å². The molecule has 1 fully saturated rings. The fraction of sp³-hybridized carbons (Fsp3) is 0.636. The van der Waals surface area contributed by atoms with Crippen LogP contribution in [0.1, 0.15) is 30.4 Å². The minimum absolute atomic E-state index is 0.570. The third kappa shape index (κ3) is 2.03. The van der Waals surface area contributed by atoms with Gasteiger partial charge in [0.05, 0.1) is 12.2 Å². The first-order chi connectivity index (χ1) is 7.72. The molecule has 5 nitrogen and oxygen atoms in total. The minimum Gasteiger partial charge on any atom is -0.370 e. The van der Waals surface area contributed by atoms with Gasteiger partial charge in [0.15, 0.2) is 5.96 Å². The molecule has 1 aliphatic heterocycles. The summed E-state index contributed by atoms with van der Waals surface area (Å²) in [4.78, 5) is 6.46. The number of nitrogens with two attached hydrogens (primary N) is 1. The molecule has 2 N–H and O–H groups in total. The van der Waals surface area contributed by atoms with Gasteiger partial charge < -0.3 is 15.2 Å². The Hall–Kier alpha value is -1.52. The van der Waals surface area contributed by atoms with Crippen molar-refractivity contribution in [1.82, 2.24) is 10.1 Å². The van der Waals surface area contributed by atoms with E-state index in [-0.39, 0.29) is 0 Å². The monoisotopic (exact) mass is 222 g/mol. The maximum Gasteiger partial charge on any atom is 0.191 e. The van der Waals surface area contributed by atoms with Crippen molar-refractivity contribution in [3.05, 3.63) is 17.0 Å². The fourth-order valence-corrected chi connectivity index (χ4v) is 1.72. The molecule has 16 heavy (non-hydrogen) atoms. The molecule has 2 rings (SSSR count). The molecule has 0 spiro atoms. The first kappa shape index (κ1) is 11.0. The molecule has 1 aromatic rings. The van der Waals surface area contributed by atoms with Crippen molar-refractivity contribution in [3.63, 3.8) is 0 Å². The van der Waals surface area contributed by atoms with Crippen LogP contribution >= 0.6 is 0 Å². The predicted octanol–water partition coefficient (Wildman–Crippen LogP) is 1.07. The van der Waals surface area contributed by atoms with Crippen LogP contribution in [-0.4, -0.2) is 29.1 Å². The normalized spacial score (nSPS) is 16.4. The van der Waals surface area contributed by atoms with E-state index in [0.717, 1.165) is 36.5 Å². The molecular weight excluding hydrogens is 204 g/mol. The summed E-state index contributed by atoms with van der Waals surface area (Å²) >= 11 is 0. The Kier molecular flexibility index (Phi) is 3.12. The van der Waals surface area contributed by atoms with Crippen molar-refractivity contribution in [2.24, 2.45) is 10.7 Å². The Balaban J connectivity index is 2.05. The summed E-state index contributed by atoms with van der Waals surface area (Å²) in [7, 11) is 0. The zero-order valence-electron chi connectivity index (χ0n) is 9.86. The van der Waals surface area contributed by atoms with E-state index in [0.29, 0.717) is 12.5 Å². The van der Waals surface area contributed by atoms with Crippen LogP contribution in [0.25, 0.3) is 0 Å². The van der Waals surface area contributed by atoms with Crippen molar-refractivity contribution >= 4 is 5.96 Å². The number of guanidine groups is 1. The molecule has 5 heteroatoms. The maximum absolute atomic E-state index is 5.86. The average Bonchev–Trinajstić information content (AvgIpc) is 2.53. The molecule has 0 aromatic carbocycles. The molecule has 88 valence electrons. The molecule has 0 unspecified atom stereocenters. The molecule has 0 radical (unpaired) electrons. The first-order valence-corrected chi connectivity index (χ1v) is 5.71. The summed E-state index contributed by atoms with van der Waals surface area (Å²) in [5.41, 5.74) is 7.92. The van der Waals surface area contributed by atoms with Gasteiger partial charge in [-0.05, 0) is 19.8 Å². The fourth-order valence-electron chi connectivity index (χ4n) is 1.72. The van der Waals surface area contributed by atoms with E-state index in [1.807, 2.05) is 6.92 Å². The van der Waals surface area contributed by atoms with Crippen LogP contribution in [0.2, 0.25) is 0 Å². The standard InChI is InChI=1S/C11H18N4O/c1-3-10-9(8(2)16-14-10)7-13-11(12)15-5-4-6-15/h3-7H2,1-2H3,(H2,12,13). The summed E-state index contributed by atoms with van der Waals surface area (Å²) in [5, 5.41) is 3.99. The molecule has 1 aliphatic rings. The Labute approximate surface area is 95.3 Å². The van der Waals surface area contributed by atoms with Gasteiger partial charge in [-0.3, -0.25) is 0 Å². The van der Waals surface area contributed by atoms with Crippen LogP contribution in [0.5, 0.6) is 0 Å². The number of aliphatic imine (C=N–C) groups is 1. The number of hydrogen-bond donors (Lipinski definition) is 1. The van der Waals surface area contributed by atoms with Gasteiger partial charge in [-0.2, -0.15) is 0 Å². The Bertz CT molecular complexity index is 393. The average molecular weight is 222 g/mol. The lowest BCUT2D eigenvalue weighted by Gasteiger charge is -2.31. The second-order valence-electron chi connectivity index (χ2n) is 4.03. The summed E-state index contributed by atoms with van der Waals surface area (Å²) < 4.78 is 5.15. The van der Waals surface area contributed by atoms with Crippen molar-refractivity contribution in [3.8, 4) is 0 Å². The minimum atomic E-state index is 0.570. The van der Waals surface area contributed by atoms with Crippen LogP contribution in [0.4, 0.5) is 0 Å². The van der Waals surface area contributed by atoms with E-state index in [4.69, 9.17) is 10.3 Å². The van der Waals surface area contributed by atoms with Crippen molar-refractivity contribution < 1.29 is 4.52 Å². The molecule has 0 aliphatic carbocycles. The lowest BCUT2D eigenvalue weighted by molar-refractivity contribution is 0.295. The van der Waals surface area contributed by atoms with Gasteiger partial charge in [-0.15, -0.1) is 0 Å². The number of aryl methyl sites for hydroxylation is 2. The molecule has 0 saturated carbocycles. The summed E-state index contributed by atoms with van der Waals surface area (Å²) in [6, 6.07) is 0. The van der Waals surface area contributed by atoms with E-state index < -0.39 is 0 Å². The molecule has 0 amide bonds.